The maximum atomic E-state index is 11.4. The predicted molar refractivity (Wildman–Crippen MR) is 69.1 cm³/mol. The lowest BCUT2D eigenvalue weighted by atomic mass is 9.90. The number of carbonyl (C=O) groups is 1. The van der Waals surface area contributed by atoms with Crippen LogP contribution in [0.15, 0.2) is 0 Å². The topological polar surface area (TPSA) is 41.6 Å². The molecule has 4 nitrogen and oxygen atoms in total. The summed E-state index contributed by atoms with van der Waals surface area (Å²) in [6, 6.07) is 0.249. The molecule has 1 aliphatic rings. The van der Waals surface area contributed by atoms with E-state index in [-0.39, 0.29) is 12.1 Å². The number of ether oxygens (including phenoxy) is 1. The Kier molecular flexibility index (Phi) is 6.34. The molecule has 1 N–H and O–H groups in total. The van der Waals surface area contributed by atoms with Crippen LogP contribution in [-0.4, -0.2) is 43.3 Å². The van der Waals surface area contributed by atoms with Crippen LogP contribution in [0.5, 0.6) is 0 Å². The van der Waals surface area contributed by atoms with Crippen molar-refractivity contribution in [2.24, 2.45) is 5.92 Å². The van der Waals surface area contributed by atoms with E-state index in [1.165, 1.54) is 19.4 Å². The Hall–Kier alpha value is -0.770. The lowest BCUT2D eigenvalue weighted by Crippen LogP contribution is -2.50. The van der Waals surface area contributed by atoms with Crippen molar-refractivity contribution in [3.05, 3.63) is 0 Å². The van der Waals surface area contributed by atoms with E-state index in [4.69, 9.17) is 4.74 Å². The lowest BCUT2D eigenvalue weighted by molar-refractivity contribution is 0.117. The normalized spacial score (nSPS) is 25.6. The zero-order valence-corrected chi connectivity index (χ0v) is 11.4. The van der Waals surface area contributed by atoms with Gasteiger partial charge in [0.25, 0.3) is 0 Å². The Morgan fingerprint density at radius 2 is 2.12 bits per heavy atom. The third kappa shape index (κ3) is 4.94. The molecular weight excluding hydrogens is 216 g/mol. The average Bonchev–Trinajstić information content (AvgIpc) is 2.29. The van der Waals surface area contributed by atoms with Gasteiger partial charge in [-0.2, -0.15) is 0 Å². The maximum Gasteiger partial charge on any atom is 0.407 e. The number of rotatable bonds is 5. The number of piperidine rings is 1. The highest BCUT2D eigenvalue weighted by molar-refractivity contribution is 5.67. The number of nitrogens with zero attached hydrogens (tertiary/aromatic N) is 1. The van der Waals surface area contributed by atoms with Gasteiger partial charge in [0, 0.05) is 19.1 Å². The van der Waals surface area contributed by atoms with Crippen molar-refractivity contribution in [2.45, 2.75) is 46.1 Å². The molecule has 0 aromatic rings. The molecule has 1 amide bonds. The molecule has 2 atom stereocenters. The molecule has 0 aromatic carbocycles. The van der Waals surface area contributed by atoms with Gasteiger partial charge in [-0.25, -0.2) is 4.79 Å². The number of nitrogens with one attached hydrogen (secondary N) is 1. The van der Waals surface area contributed by atoms with Gasteiger partial charge in [0.15, 0.2) is 0 Å². The van der Waals surface area contributed by atoms with Gasteiger partial charge in [-0.05, 0) is 32.2 Å². The van der Waals surface area contributed by atoms with Gasteiger partial charge in [-0.15, -0.1) is 0 Å². The van der Waals surface area contributed by atoms with E-state index in [0.717, 1.165) is 19.5 Å². The predicted octanol–water partition coefficient (Wildman–Crippen LogP) is 2.24. The highest BCUT2D eigenvalue weighted by Gasteiger charge is 2.27. The zero-order chi connectivity index (χ0) is 12.7. The second-order valence-electron chi connectivity index (χ2n) is 4.80. The summed E-state index contributed by atoms with van der Waals surface area (Å²) in [5.41, 5.74) is 0. The van der Waals surface area contributed by atoms with Gasteiger partial charge in [-0.1, -0.05) is 20.3 Å². The van der Waals surface area contributed by atoms with E-state index < -0.39 is 0 Å². The minimum Gasteiger partial charge on any atom is -0.450 e. The molecule has 0 radical (unpaired) electrons. The molecular formula is C13H26N2O2. The van der Waals surface area contributed by atoms with Crippen LogP contribution in [-0.2, 0) is 4.74 Å². The van der Waals surface area contributed by atoms with E-state index in [0.29, 0.717) is 12.5 Å². The van der Waals surface area contributed by atoms with Crippen molar-refractivity contribution >= 4 is 6.09 Å². The van der Waals surface area contributed by atoms with Crippen LogP contribution in [0.25, 0.3) is 0 Å². The first-order chi connectivity index (χ1) is 8.19. The summed E-state index contributed by atoms with van der Waals surface area (Å²) in [4.78, 5) is 13.8. The summed E-state index contributed by atoms with van der Waals surface area (Å²) in [5.74, 6) is 0.709. The van der Waals surface area contributed by atoms with Crippen LogP contribution < -0.4 is 5.32 Å². The molecule has 1 saturated heterocycles. The Balaban J connectivity index is 2.44. The Morgan fingerprint density at radius 3 is 2.71 bits per heavy atom. The summed E-state index contributed by atoms with van der Waals surface area (Å²) in [6.45, 7) is 9.85. The molecule has 0 spiro atoms. The van der Waals surface area contributed by atoms with E-state index in [9.17, 15) is 4.79 Å². The minimum absolute atomic E-state index is 0.249. The summed E-state index contributed by atoms with van der Waals surface area (Å²) in [7, 11) is 0. The van der Waals surface area contributed by atoms with Crippen LogP contribution in [0.3, 0.4) is 0 Å². The number of amides is 1. The largest absolute Gasteiger partial charge is 0.450 e. The fraction of sp³-hybridized carbons (Fsp3) is 0.923. The Bertz CT molecular complexity index is 233. The smallest absolute Gasteiger partial charge is 0.407 e. The molecule has 2 unspecified atom stereocenters. The van der Waals surface area contributed by atoms with Crippen LogP contribution in [0.2, 0.25) is 0 Å². The second kappa shape index (κ2) is 7.54. The molecule has 17 heavy (non-hydrogen) atoms. The van der Waals surface area contributed by atoms with E-state index >= 15 is 0 Å². The Labute approximate surface area is 105 Å². The summed E-state index contributed by atoms with van der Waals surface area (Å²) >= 11 is 0. The third-order valence-corrected chi connectivity index (χ3v) is 3.35. The van der Waals surface area contributed by atoms with E-state index in [1.54, 1.807) is 0 Å². The molecule has 0 aromatic heterocycles. The lowest BCUT2D eigenvalue weighted by Gasteiger charge is -2.37. The number of hydrogen-bond acceptors (Lipinski definition) is 3. The first kappa shape index (κ1) is 14.3. The fourth-order valence-electron chi connectivity index (χ4n) is 2.62. The number of likely N-dealkylation sites (N-methyl/N-ethyl adjacent to an activating group) is 1. The number of hydrogen-bond donors (Lipinski definition) is 1. The van der Waals surface area contributed by atoms with Gasteiger partial charge in [0.2, 0.25) is 0 Å². The molecule has 1 aliphatic heterocycles. The van der Waals surface area contributed by atoms with Crippen molar-refractivity contribution in [3.63, 3.8) is 0 Å². The van der Waals surface area contributed by atoms with Crippen molar-refractivity contribution < 1.29 is 9.53 Å². The number of alkyl carbamates (subject to hydrolysis) is 1. The highest BCUT2D eigenvalue weighted by atomic mass is 16.5. The number of likely N-dealkylation sites (tertiary alicyclic amines) is 1. The average molecular weight is 242 g/mol. The highest BCUT2D eigenvalue weighted by Crippen LogP contribution is 2.21. The SMILES string of the molecule is CCCC1CC(NC(=O)OCC)CN(CC)C1. The number of carbonyl (C=O) groups excluding carboxylic acids is 1. The van der Waals surface area contributed by atoms with Gasteiger partial charge in [0.05, 0.1) is 6.61 Å². The quantitative estimate of drug-likeness (QED) is 0.804. The standard InChI is InChI=1S/C13H26N2O2/c1-4-7-11-8-12(10-15(5-2)9-11)14-13(16)17-6-3/h11-12H,4-10H2,1-3H3,(H,14,16). The van der Waals surface area contributed by atoms with Gasteiger partial charge in [-0.3, -0.25) is 0 Å². The summed E-state index contributed by atoms with van der Waals surface area (Å²) < 4.78 is 4.94. The Morgan fingerprint density at radius 1 is 1.35 bits per heavy atom. The van der Waals surface area contributed by atoms with Crippen molar-refractivity contribution in [1.29, 1.82) is 0 Å². The first-order valence-electron chi connectivity index (χ1n) is 6.85. The third-order valence-electron chi connectivity index (χ3n) is 3.35. The molecule has 0 aliphatic carbocycles. The molecule has 0 bridgehead atoms. The summed E-state index contributed by atoms with van der Waals surface area (Å²) in [5, 5.41) is 2.97. The van der Waals surface area contributed by atoms with Gasteiger partial charge < -0.3 is 15.0 Å². The van der Waals surface area contributed by atoms with E-state index in [2.05, 4.69) is 24.1 Å². The van der Waals surface area contributed by atoms with Crippen molar-refractivity contribution in [3.8, 4) is 0 Å². The van der Waals surface area contributed by atoms with Crippen LogP contribution >= 0.6 is 0 Å². The molecule has 100 valence electrons. The van der Waals surface area contributed by atoms with Gasteiger partial charge >= 0.3 is 6.09 Å². The molecule has 4 heteroatoms. The molecule has 1 fully saturated rings. The fourth-order valence-corrected chi connectivity index (χ4v) is 2.62. The first-order valence-corrected chi connectivity index (χ1v) is 6.85. The minimum atomic E-state index is -0.272. The monoisotopic (exact) mass is 242 g/mol. The second-order valence-corrected chi connectivity index (χ2v) is 4.80. The van der Waals surface area contributed by atoms with Crippen LogP contribution in [0.1, 0.15) is 40.0 Å². The van der Waals surface area contributed by atoms with Crippen molar-refractivity contribution in [2.75, 3.05) is 26.2 Å². The molecule has 1 rings (SSSR count). The van der Waals surface area contributed by atoms with Crippen LogP contribution in [0, 0.1) is 5.92 Å². The van der Waals surface area contributed by atoms with E-state index in [1.807, 2.05) is 6.92 Å². The van der Waals surface area contributed by atoms with Crippen LogP contribution in [0.4, 0.5) is 4.79 Å². The summed E-state index contributed by atoms with van der Waals surface area (Å²) in [6.07, 6.45) is 3.28. The van der Waals surface area contributed by atoms with Gasteiger partial charge in [0.1, 0.15) is 0 Å². The molecule has 1 heterocycles. The molecule has 0 saturated carbocycles. The van der Waals surface area contributed by atoms with Crippen molar-refractivity contribution in [1.82, 2.24) is 10.2 Å². The zero-order valence-electron chi connectivity index (χ0n) is 11.4. The maximum absolute atomic E-state index is 11.4.